The number of hydrogen-bond acceptors (Lipinski definition) is 4. The lowest BCUT2D eigenvalue weighted by Gasteiger charge is -2.39. The summed E-state index contributed by atoms with van der Waals surface area (Å²) in [6.45, 7) is 0. The van der Waals surface area contributed by atoms with Crippen molar-refractivity contribution in [2.45, 2.75) is 12.0 Å². The summed E-state index contributed by atoms with van der Waals surface area (Å²) in [6, 6.07) is 4.78. The molecule has 0 fully saturated rings. The molecule has 0 spiro atoms. The second kappa shape index (κ2) is 7.76. The summed E-state index contributed by atoms with van der Waals surface area (Å²) in [6.07, 6.45) is 4.47. The summed E-state index contributed by atoms with van der Waals surface area (Å²) in [5.74, 6) is -1.21. The van der Waals surface area contributed by atoms with Gasteiger partial charge in [0.25, 0.3) is 0 Å². The van der Waals surface area contributed by atoms with Gasteiger partial charge in [0.05, 0.1) is 5.56 Å². The number of aliphatic hydroxyl groups is 1. The molecule has 3 unspecified atom stereocenters. The number of aromatic carboxylic acids is 1. The van der Waals surface area contributed by atoms with Crippen LogP contribution < -0.4 is 4.74 Å². The zero-order chi connectivity index (χ0) is 21.0. The number of aromatic hydroxyl groups is 1. The van der Waals surface area contributed by atoms with E-state index in [0.29, 0.717) is 29.2 Å². The lowest BCUT2D eigenvalue weighted by atomic mass is 9.73. The number of carboxylic acid groups (broad SMARTS) is 1. The first-order valence-corrected chi connectivity index (χ1v) is 11.6. The molecule has 0 bridgehead atoms. The van der Waals surface area contributed by atoms with Crippen molar-refractivity contribution < 1.29 is 24.9 Å². The molecule has 3 atom stereocenters. The molecule has 29 heavy (non-hydrogen) atoms. The second-order valence-corrected chi connectivity index (χ2v) is 9.83. The van der Waals surface area contributed by atoms with Crippen LogP contribution in [0.2, 0.25) is 0 Å². The molecule has 1 aliphatic carbocycles. The first kappa shape index (κ1) is 21.0. The highest BCUT2D eigenvalue weighted by atomic mass is 79.9. The van der Waals surface area contributed by atoms with Crippen LogP contribution in [0.1, 0.15) is 27.4 Å². The molecule has 1 aliphatic heterocycles. The van der Waals surface area contributed by atoms with E-state index in [2.05, 4.69) is 63.7 Å². The Labute approximate surface area is 199 Å². The van der Waals surface area contributed by atoms with Gasteiger partial charge in [-0.15, -0.1) is 0 Å². The topological polar surface area (TPSA) is 87.0 Å². The Morgan fingerprint density at radius 2 is 1.69 bits per heavy atom. The molecular weight excluding hydrogens is 640 g/mol. The number of rotatable bonds is 2. The number of carbonyl (C=O) groups is 1. The number of fused-ring (bicyclic) bond motifs is 2. The van der Waals surface area contributed by atoms with Crippen molar-refractivity contribution in [3.8, 4) is 11.5 Å². The average Bonchev–Trinajstić information content (AvgIpc) is 2.66. The number of benzene rings is 2. The van der Waals surface area contributed by atoms with Crippen LogP contribution in [0.25, 0.3) is 0 Å². The summed E-state index contributed by atoms with van der Waals surface area (Å²) in [5, 5.41) is 29.9. The predicted octanol–water partition coefficient (Wildman–Crippen LogP) is 6.66. The molecule has 0 saturated heterocycles. The Bertz CT molecular complexity index is 1110. The Morgan fingerprint density at radius 1 is 1.00 bits per heavy atom. The number of phenols is 1. The Hall–Kier alpha value is -1.29. The number of carboxylic acids is 1. The van der Waals surface area contributed by atoms with Crippen LogP contribution in [0.3, 0.4) is 0 Å². The minimum Gasteiger partial charge on any atom is -0.508 e. The molecule has 3 N–H and O–H groups in total. The van der Waals surface area contributed by atoms with Crippen LogP contribution in [-0.4, -0.2) is 27.4 Å². The molecule has 5 nitrogen and oxygen atoms in total. The van der Waals surface area contributed by atoms with Gasteiger partial charge in [0.2, 0.25) is 0 Å². The highest BCUT2D eigenvalue weighted by molar-refractivity contribution is 9.15. The fraction of sp³-hybridized carbons (Fsp3) is 0.150. The van der Waals surface area contributed by atoms with Gasteiger partial charge in [-0.2, -0.15) is 0 Å². The monoisotopic (exact) mass is 648 g/mol. The van der Waals surface area contributed by atoms with Crippen molar-refractivity contribution in [1.29, 1.82) is 0 Å². The number of hydrogen-bond donors (Lipinski definition) is 3. The Balaban J connectivity index is 2.06. The fourth-order valence-corrected chi connectivity index (χ4v) is 6.37. The minimum absolute atomic E-state index is 0.0381. The first-order chi connectivity index (χ1) is 13.7. The lowest BCUT2D eigenvalue weighted by molar-refractivity contribution is 0.0692. The quantitative estimate of drug-likeness (QED) is 0.250. The summed E-state index contributed by atoms with van der Waals surface area (Å²) < 4.78 is 8.29. The van der Waals surface area contributed by atoms with E-state index in [9.17, 15) is 20.1 Å². The van der Waals surface area contributed by atoms with E-state index in [0.717, 1.165) is 5.56 Å². The molecule has 0 saturated carbocycles. The first-order valence-electron chi connectivity index (χ1n) is 8.38. The molecule has 150 valence electrons. The normalized spacial score (nSPS) is 22.3. The molecule has 0 amide bonds. The van der Waals surface area contributed by atoms with E-state index in [1.54, 1.807) is 24.3 Å². The van der Waals surface area contributed by atoms with E-state index in [-0.39, 0.29) is 23.0 Å². The van der Waals surface area contributed by atoms with Gasteiger partial charge in [-0.05, 0) is 87.5 Å². The third-order valence-corrected chi connectivity index (χ3v) is 9.81. The zero-order valence-electron chi connectivity index (χ0n) is 14.4. The van der Waals surface area contributed by atoms with Crippen LogP contribution in [0, 0.1) is 5.92 Å². The van der Waals surface area contributed by atoms with Gasteiger partial charge in [-0.25, -0.2) is 4.79 Å². The maximum Gasteiger partial charge on any atom is 0.337 e. The third-order valence-electron chi connectivity index (χ3n) is 5.01. The van der Waals surface area contributed by atoms with E-state index >= 15 is 0 Å². The highest BCUT2D eigenvalue weighted by Crippen LogP contribution is 2.53. The smallest absolute Gasteiger partial charge is 0.337 e. The second-order valence-electron chi connectivity index (χ2n) is 6.66. The number of aliphatic hydroxyl groups excluding tert-OH is 1. The molecule has 2 aliphatic rings. The summed E-state index contributed by atoms with van der Waals surface area (Å²) in [5.41, 5.74) is 1.42. The molecule has 2 aromatic rings. The van der Waals surface area contributed by atoms with E-state index < -0.39 is 18.0 Å². The van der Waals surface area contributed by atoms with E-state index in [1.807, 2.05) is 6.08 Å². The standard InChI is InChI=1S/C20H12Br4O5/c21-16-14(15(20(27)28)17(22)19(24)18(16)23)13-9-3-1-7(25)5-11(9)29-12-6-8(26)2-4-10(12)13/h1-6,9,11,13,25-26H,(H,27,28). The van der Waals surface area contributed by atoms with Crippen LogP contribution in [-0.2, 0) is 0 Å². The van der Waals surface area contributed by atoms with E-state index in [4.69, 9.17) is 4.74 Å². The predicted molar refractivity (Wildman–Crippen MR) is 122 cm³/mol. The van der Waals surface area contributed by atoms with Crippen LogP contribution in [0.15, 0.2) is 60.1 Å². The van der Waals surface area contributed by atoms with Gasteiger partial charge >= 0.3 is 5.97 Å². The average molecular weight is 652 g/mol. The number of allylic oxidation sites excluding steroid dienone is 1. The molecular formula is C20H12Br4O5. The van der Waals surface area contributed by atoms with Gasteiger partial charge in [-0.3, -0.25) is 0 Å². The van der Waals surface area contributed by atoms with Crippen molar-refractivity contribution in [2.24, 2.45) is 5.92 Å². The minimum atomic E-state index is -1.08. The highest BCUT2D eigenvalue weighted by Gasteiger charge is 2.42. The molecule has 1 heterocycles. The van der Waals surface area contributed by atoms with Crippen molar-refractivity contribution in [1.82, 2.24) is 0 Å². The Morgan fingerprint density at radius 3 is 2.38 bits per heavy atom. The molecule has 0 radical (unpaired) electrons. The fourth-order valence-electron chi connectivity index (χ4n) is 3.80. The molecule has 2 aromatic carbocycles. The van der Waals surface area contributed by atoms with Crippen LogP contribution in [0.5, 0.6) is 11.5 Å². The molecule has 9 heteroatoms. The van der Waals surface area contributed by atoms with Crippen molar-refractivity contribution in [2.75, 3.05) is 0 Å². The maximum atomic E-state index is 12.3. The largest absolute Gasteiger partial charge is 0.508 e. The summed E-state index contributed by atoms with van der Waals surface area (Å²) in [4.78, 5) is 12.3. The Kier molecular flexibility index (Phi) is 5.61. The molecule has 0 aromatic heterocycles. The summed E-state index contributed by atoms with van der Waals surface area (Å²) >= 11 is 13.9. The number of phenolic OH excluding ortho intramolecular Hbond substituents is 1. The van der Waals surface area contributed by atoms with Crippen molar-refractivity contribution in [3.05, 3.63) is 76.8 Å². The number of halogens is 4. The lowest BCUT2D eigenvalue weighted by Crippen LogP contribution is -2.36. The van der Waals surface area contributed by atoms with Crippen LogP contribution in [0.4, 0.5) is 0 Å². The van der Waals surface area contributed by atoms with Gasteiger partial charge in [-0.1, -0.05) is 12.1 Å². The maximum absolute atomic E-state index is 12.3. The van der Waals surface area contributed by atoms with Crippen LogP contribution >= 0.6 is 63.7 Å². The SMILES string of the molecule is O=C(O)c1c(Br)c(Br)c(Br)c(Br)c1C1c2ccc(O)cc2OC2C=C(O)C=CC21. The third kappa shape index (κ3) is 3.45. The van der Waals surface area contributed by atoms with Gasteiger partial charge < -0.3 is 20.1 Å². The van der Waals surface area contributed by atoms with E-state index in [1.165, 1.54) is 6.07 Å². The zero-order valence-corrected chi connectivity index (χ0v) is 20.7. The summed E-state index contributed by atoms with van der Waals surface area (Å²) in [7, 11) is 0. The van der Waals surface area contributed by atoms with Gasteiger partial charge in [0, 0.05) is 41.4 Å². The van der Waals surface area contributed by atoms with Crippen molar-refractivity contribution in [3.63, 3.8) is 0 Å². The number of ether oxygens (including phenoxy) is 1. The van der Waals surface area contributed by atoms with Gasteiger partial charge in [0.1, 0.15) is 23.4 Å². The van der Waals surface area contributed by atoms with Gasteiger partial charge in [0.15, 0.2) is 0 Å². The molecule has 4 rings (SSSR count). The van der Waals surface area contributed by atoms with Crippen molar-refractivity contribution >= 4 is 69.7 Å².